The fourth-order valence-electron chi connectivity index (χ4n) is 1.82. The maximum Gasteiger partial charge on any atom is 0.285 e. The molecule has 2 unspecified atom stereocenters. The van der Waals surface area contributed by atoms with E-state index in [2.05, 4.69) is 15.5 Å². The molecule has 1 aromatic rings. The highest BCUT2D eigenvalue weighted by atomic mass is 35.5. The van der Waals surface area contributed by atoms with Crippen LogP contribution in [0.15, 0.2) is 11.0 Å². The molecular weight excluding hydrogens is 230 g/mol. The van der Waals surface area contributed by atoms with Gasteiger partial charge in [0.1, 0.15) is 5.02 Å². The number of H-pyrrole nitrogens is 1. The molecule has 0 amide bonds. The molecule has 1 saturated carbocycles. The van der Waals surface area contributed by atoms with Crippen LogP contribution in [-0.4, -0.2) is 27.4 Å². The van der Waals surface area contributed by atoms with E-state index in [1.807, 2.05) is 13.8 Å². The summed E-state index contributed by atoms with van der Waals surface area (Å²) < 4.78 is 0. The zero-order valence-electron chi connectivity index (χ0n) is 9.12. The number of nitrogens with zero attached hydrogens (tertiary/aromatic N) is 1. The Bertz CT molecular complexity index is 458. The van der Waals surface area contributed by atoms with Crippen molar-refractivity contribution in [2.75, 3.05) is 5.32 Å². The molecular formula is C10H14ClN3O2. The molecule has 6 heteroatoms. The van der Waals surface area contributed by atoms with Gasteiger partial charge in [0.05, 0.1) is 18.0 Å². The maximum absolute atomic E-state index is 11.2. The lowest BCUT2D eigenvalue weighted by atomic mass is 9.64. The second kappa shape index (κ2) is 3.75. The van der Waals surface area contributed by atoms with Crippen molar-refractivity contribution < 1.29 is 5.11 Å². The fourth-order valence-corrected chi connectivity index (χ4v) is 1.96. The van der Waals surface area contributed by atoms with Crippen LogP contribution in [0.5, 0.6) is 0 Å². The van der Waals surface area contributed by atoms with E-state index in [-0.39, 0.29) is 22.6 Å². The van der Waals surface area contributed by atoms with Gasteiger partial charge in [0.25, 0.3) is 5.56 Å². The Morgan fingerprint density at radius 3 is 2.94 bits per heavy atom. The lowest BCUT2D eigenvalue weighted by Gasteiger charge is -2.49. The molecule has 0 saturated heterocycles. The third-order valence-corrected chi connectivity index (χ3v) is 3.72. The normalized spacial score (nSPS) is 27.2. The van der Waals surface area contributed by atoms with E-state index in [0.717, 1.165) is 0 Å². The highest BCUT2D eigenvalue weighted by Gasteiger charge is 2.47. The highest BCUT2D eigenvalue weighted by Crippen LogP contribution is 2.42. The zero-order valence-corrected chi connectivity index (χ0v) is 9.88. The minimum atomic E-state index is -0.413. The number of nitrogens with one attached hydrogen (secondary N) is 2. The van der Waals surface area contributed by atoms with Gasteiger partial charge in [0, 0.05) is 11.5 Å². The lowest BCUT2D eigenvalue weighted by Crippen LogP contribution is -2.57. The van der Waals surface area contributed by atoms with Crippen molar-refractivity contribution in [3.05, 3.63) is 21.6 Å². The summed E-state index contributed by atoms with van der Waals surface area (Å²) in [5.74, 6) is 0. The Hall–Kier alpha value is -1.07. The van der Waals surface area contributed by atoms with Gasteiger partial charge < -0.3 is 10.4 Å². The standard InChI is InChI=1S/C10H14ClN3O2/c1-10(2)6(3-7(10)15)13-5-4-12-14-9(16)8(5)11/h4,6-7,15H,3H2,1-2H3,(H2,13,14,16). The van der Waals surface area contributed by atoms with E-state index in [1.165, 1.54) is 6.20 Å². The predicted octanol–water partition coefficient (Wildman–Crippen LogP) is 0.995. The minimum absolute atomic E-state index is 0.101. The quantitative estimate of drug-likeness (QED) is 0.724. The van der Waals surface area contributed by atoms with Crippen molar-refractivity contribution in [1.82, 2.24) is 10.2 Å². The molecule has 0 spiro atoms. The van der Waals surface area contributed by atoms with E-state index in [9.17, 15) is 9.90 Å². The van der Waals surface area contributed by atoms with Crippen molar-refractivity contribution in [2.24, 2.45) is 5.41 Å². The van der Waals surface area contributed by atoms with Crippen molar-refractivity contribution in [3.63, 3.8) is 0 Å². The second-order valence-corrected chi connectivity index (χ2v) is 5.07. The van der Waals surface area contributed by atoms with Crippen molar-refractivity contribution in [2.45, 2.75) is 32.4 Å². The van der Waals surface area contributed by atoms with E-state index < -0.39 is 5.56 Å². The Labute approximate surface area is 97.8 Å². The number of aromatic nitrogens is 2. The molecule has 2 rings (SSSR count). The van der Waals surface area contributed by atoms with Crippen molar-refractivity contribution >= 4 is 17.3 Å². The van der Waals surface area contributed by atoms with Crippen LogP contribution in [0.4, 0.5) is 5.69 Å². The van der Waals surface area contributed by atoms with Gasteiger partial charge in [-0.2, -0.15) is 5.10 Å². The van der Waals surface area contributed by atoms with Gasteiger partial charge in [-0.1, -0.05) is 25.4 Å². The summed E-state index contributed by atoms with van der Waals surface area (Å²) in [5.41, 5.74) is -0.119. The van der Waals surface area contributed by atoms with E-state index >= 15 is 0 Å². The number of rotatable bonds is 2. The summed E-state index contributed by atoms with van der Waals surface area (Å²) in [6.07, 6.45) is 1.81. The van der Waals surface area contributed by atoms with E-state index in [0.29, 0.717) is 12.1 Å². The monoisotopic (exact) mass is 243 g/mol. The predicted molar refractivity (Wildman–Crippen MR) is 61.7 cm³/mol. The average Bonchev–Trinajstić information content (AvgIpc) is 2.24. The average molecular weight is 244 g/mol. The number of aliphatic hydroxyl groups is 1. The first-order chi connectivity index (χ1) is 7.43. The van der Waals surface area contributed by atoms with Crippen molar-refractivity contribution in [3.8, 4) is 0 Å². The van der Waals surface area contributed by atoms with Gasteiger partial charge in [0.2, 0.25) is 0 Å². The van der Waals surface area contributed by atoms with Gasteiger partial charge in [-0.25, -0.2) is 5.10 Å². The summed E-state index contributed by atoms with van der Waals surface area (Å²) in [5, 5.41) is 18.8. The highest BCUT2D eigenvalue weighted by molar-refractivity contribution is 6.32. The number of halogens is 1. The molecule has 1 aromatic heterocycles. The first kappa shape index (κ1) is 11.4. The topological polar surface area (TPSA) is 78.0 Å². The van der Waals surface area contributed by atoms with Gasteiger partial charge in [-0.3, -0.25) is 4.79 Å². The van der Waals surface area contributed by atoms with Crippen LogP contribution in [0.3, 0.4) is 0 Å². The van der Waals surface area contributed by atoms with Crippen LogP contribution < -0.4 is 10.9 Å². The molecule has 1 aliphatic rings. The Kier molecular flexibility index (Phi) is 2.67. The number of aromatic amines is 1. The molecule has 2 atom stereocenters. The molecule has 0 aliphatic heterocycles. The van der Waals surface area contributed by atoms with Crippen LogP contribution in [0.1, 0.15) is 20.3 Å². The number of aliphatic hydroxyl groups excluding tert-OH is 1. The number of hydrogen-bond acceptors (Lipinski definition) is 4. The molecule has 0 radical (unpaired) electrons. The Balaban J connectivity index is 2.17. The van der Waals surface area contributed by atoms with Crippen LogP contribution in [0, 0.1) is 5.41 Å². The van der Waals surface area contributed by atoms with Crippen LogP contribution in [0.25, 0.3) is 0 Å². The SMILES string of the molecule is CC1(C)C(O)CC1Nc1cn[nH]c(=O)c1Cl. The Morgan fingerprint density at radius 1 is 1.69 bits per heavy atom. The molecule has 0 aromatic carbocycles. The molecule has 5 nitrogen and oxygen atoms in total. The summed E-state index contributed by atoms with van der Waals surface area (Å²) in [6.45, 7) is 3.93. The smallest absolute Gasteiger partial charge is 0.285 e. The number of hydrogen-bond donors (Lipinski definition) is 3. The summed E-state index contributed by atoms with van der Waals surface area (Å²) in [6, 6.07) is 0.101. The molecule has 3 N–H and O–H groups in total. The van der Waals surface area contributed by atoms with Gasteiger partial charge in [-0.05, 0) is 6.42 Å². The summed E-state index contributed by atoms with van der Waals surface area (Å²) >= 11 is 5.84. The molecule has 88 valence electrons. The number of anilines is 1. The minimum Gasteiger partial charge on any atom is -0.392 e. The zero-order chi connectivity index (χ0) is 11.9. The maximum atomic E-state index is 11.2. The largest absolute Gasteiger partial charge is 0.392 e. The molecule has 1 aliphatic carbocycles. The summed E-state index contributed by atoms with van der Waals surface area (Å²) in [4.78, 5) is 11.2. The Morgan fingerprint density at radius 2 is 2.38 bits per heavy atom. The summed E-state index contributed by atoms with van der Waals surface area (Å²) in [7, 11) is 0. The van der Waals surface area contributed by atoms with Crippen LogP contribution in [0.2, 0.25) is 5.02 Å². The van der Waals surface area contributed by atoms with Gasteiger partial charge >= 0.3 is 0 Å². The molecule has 1 fully saturated rings. The molecule has 16 heavy (non-hydrogen) atoms. The van der Waals surface area contributed by atoms with Crippen LogP contribution in [-0.2, 0) is 0 Å². The third-order valence-electron chi connectivity index (χ3n) is 3.34. The second-order valence-electron chi connectivity index (χ2n) is 4.70. The van der Waals surface area contributed by atoms with Crippen molar-refractivity contribution in [1.29, 1.82) is 0 Å². The fraction of sp³-hybridized carbons (Fsp3) is 0.600. The van der Waals surface area contributed by atoms with E-state index in [1.54, 1.807) is 0 Å². The van der Waals surface area contributed by atoms with Crippen LogP contribution >= 0.6 is 11.6 Å². The van der Waals surface area contributed by atoms with Gasteiger partial charge in [0.15, 0.2) is 0 Å². The first-order valence-electron chi connectivity index (χ1n) is 5.10. The third kappa shape index (κ3) is 1.70. The first-order valence-corrected chi connectivity index (χ1v) is 5.48. The van der Waals surface area contributed by atoms with E-state index in [4.69, 9.17) is 11.6 Å². The van der Waals surface area contributed by atoms with Gasteiger partial charge in [-0.15, -0.1) is 0 Å². The lowest BCUT2D eigenvalue weighted by molar-refractivity contribution is -0.0510. The molecule has 1 heterocycles. The molecule has 0 bridgehead atoms.